The summed E-state index contributed by atoms with van der Waals surface area (Å²) in [5, 5.41) is 3.24. The molecule has 0 fully saturated rings. The lowest BCUT2D eigenvalue weighted by molar-refractivity contribution is -0.137. The van der Waals surface area contributed by atoms with E-state index in [9.17, 15) is 22.0 Å². The van der Waals surface area contributed by atoms with E-state index in [1.54, 1.807) is 0 Å². The van der Waals surface area contributed by atoms with Crippen molar-refractivity contribution in [1.82, 2.24) is 0 Å². The molecular formula is C15H9F5NO. The normalized spacial score (nSPS) is 11.9. The first-order chi connectivity index (χ1) is 10.4. The zero-order chi connectivity index (χ0) is 16.2. The van der Waals surface area contributed by atoms with Crippen LogP contribution in [0.1, 0.15) is 16.7 Å². The third kappa shape index (κ3) is 3.81. The molecule has 0 bridgehead atoms. The Kier molecular flexibility index (Phi) is 4.75. The summed E-state index contributed by atoms with van der Waals surface area (Å²) in [6, 6.07) is 8.16. The van der Waals surface area contributed by atoms with E-state index in [2.05, 4.69) is 16.2 Å². The van der Waals surface area contributed by atoms with Crippen molar-refractivity contribution in [2.45, 2.75) is 12.8 Å². The van der Waals surface area contributed by atoms with Gasteiger partial charge in [0.05, 0.1) is 5.56 Å². The van der Waals surface area contributed by atoms with E-state index in [1.165, 1.54) is 30.3 Å². The molecule has 0 spiro atoms. The van der Waals surface area contributed by atoms with E-state index in [1.807, 2.05) is 0 Å². The minimum absolute atomic E-state index is 0.102. The number of nitrogens with zero attached hydrogens (tertiary/aromatic N) is 1. The van der Waals surface area contributed by atoms with Crippen LogP contribution in [-0.2, 0) is 17.6 Å². The highest BCUT2D eigenvalue weighted by Crippen LogP contribution is 2.31. The number of rotatable bonds is 4. The first-order valence-corrected chi connectivity index (χ1v) is 6.06. The molecule has 0 saturated carbocycles. The summed E-state index contributed by atoms with van der Waals surface area (Å²) in [4.78, 5) is 4.67. The predicted octanol–water partition coefficient (Wildman–Crippen LogP) is 4.41. The lowest BCUT2D eigenvalue weighted by Gasteiger charge is -2.08. The van der Waals surface area contributed by atoms with Crippen LogP contribution >= 0.6 is 0 Å². The Morgan fingerprint density at radius 1 is 1.00 bits per heavy atom. The van der Waals surface area contributed by atoms with Gasteiger partial charge in [0, 0.05) is 11.1 Å². The van der Waals surface area contributed by atoms with E-state index in [0.29, 0.717) is 0 Å². The van der Waals surface area contributed by atoms with Crippen LogP contribution in [0.25, 0.3) is 0 Å². The van der Waals surface area contributed by atoms with Crippen molar-refractivity contribution in [3.63, 3.8) is 0 Å². The third-order valence-electron chi connectivity index (χ3n) is 2.71. The quantitative estimate of drug-likeness (QED) is 0.465. The van der Waals surface area contributed by atoms with Crippen LogP contribution in [0.5, 0.6) is 0 Å². The van der Waals surface area contributed by atoms with Gasteiger partial charge in [-0.1, -0.05) is 35.5 Å². The molecule has 2 rings (SSSR count). The van der Waals surface area contributed by atoms with Crippen LogP contribution in [0.4, 0.5) is 22.0 Å². The lowest BCUT2D eigenvalue weighted by atomic mass is 10.1. The second-order valence-corrected chi connectivity index (χ2v) is 4.23. The molecule has 0 N–H and O–H groups in total. The maximum Gasteiger partial charge on any atom is 0.417 e. The zero-order valence-corrected chi connectivity index (χ0v) is 11.0. The second-order valence-electron chi connectivity index (χ2n) is 4.23. The lowest BCUT2D eigenvalue weighted by Crippen LogP contribution is -2.08. The van der Waals surface area contributed by atoms with E-state index in [-0.39, 0.29) is 11.1 Å². The van der Waals surface area contributed by atoms with Crippen molar-refractivity contribution in [3.05, 3.63) is 70.8 Å². The Balaban J connectivity index is 2.06. The van der Waals surface area contributed by atoms with Gasteiger partial charge in [-0.2, -0.15) is 13.2 Å². The van der Waals surface area contributed by atoms with E-state index < -0.39 is 30.0 Å². The summed E-state index contributed by atoms with van der Waals surface area (Å²) in [7, 11) is 0. The van der Waals surface area contributed by atoms with E-state index >= 15 is 0 Å². The largest absolute Gasteiger partial charge is 0.417 e. The fourth-order valence-electron chi connectivity index (χ4n) is 1.67. The fourth-order valence-corrected chi connectivity index (χ4v) is 1.67. The van der Waals surface area contributed by atoms with Gasteiger partial charge in [-0.05, 0) is 12.1 Å². The smallest absolute Gasteiger partial charge is 0.390 e. The molecule has 0 saturated heterocycles. The van der Waals surface area contributed by atoms with E-state index in [0.717, 1.165) is 12.1 Å². The molecule has 115 valence electrons. The summed E-state index contributed by atoms with van der Waals surface area (Å²) in [6.07, 6.45) is -2.46. The third-order valence-corrected chi connectivity index (χ3v) is 2.71. The van der Waals surface area contributed by atoms with Gasteiger partial charge in [0.25, 0.3) is 0 Å². The molecule has 0 unspecified atom stereocenters. The molecule has 22 heavy (non-hydrogen) atoms. The first kappa shape index (κ1) is 15.9. The first-order valence-electron chi connectivity index (χ1n) is 6.06. The van der Waals surface area contributed by atoms with Crippen molar-refractivity contribution >= 4 is 6.21 Å². The standard InChI is InChI=1S/C15H9F5NO/c16-13-7-3-5-11(14(13)17)9-22-21-8-10-4-1-2-6-12(10)15(18,19)20/h1-7H,9H2. The Hall–Kier alpha value is -2.44. The minimum Gasteiger partial charge on any atom is -0.390 e. The highest BCUT2D eigenvalue weighted by atomic mass is 19.4. The number of hydrogen-bond donors (Lipinski definition) is 0. The second kappa shape index (κ2) is 6.55. The molecule has 7 heteroatoms. The van der Waals surface area contributed by atoms with Crippen molar-refractivity contribution in [1.29, 1.82) is 0 Å². The van der Waals surface area contributed by atoms with Gasteiger partial charge < -0.3 is 4.84 Å². The zero-order valence-electron chi connectivity index (χ0n) is 11.0. The Morgan fingerprint density at radius 2 is 1.73 bits per heavy atom. The van der Waals surface area contributed by atoms with Gasteiger partial charge in [0.2, 0.25) is 0 Å². The molecule has 0 aliphatic carbocycles. The Labute approximate surface area is 122 Å². The van der Waals surface area contributed by atoms with Crippen LogP contribution < -0.4 is 0 Å². The van der Waals surface area contributed by atoms with Crippen LogP contribution in [0, 0.1) is 11.6 Å². The topological polar surface area (TPSA) is 21.6 Å². The van der Waals surface area contributed by atoms with Crippen LogP contribution in [0.2, 0.25) is 0 Å². The van der Waals surface area contributed by atoms with Crippen molar-refractivity contribution in [2.75, 3.05) is 0 Å². The monoisotopic (exact) mass is 314 g/mol. The van der Waals surface area contributed by atoms with Crippen LogP contribution in [0.15, 0.2) is 47.6 Å². The average molecular weight is 314 g/mol. The van der Waals surface area contributed by atoms with Crippen molar-refractivity contribution < 1.29 is 26.8 Å². The molecule has 0 aliphatic heterocycles. The fraction of sp³-hybridized carbons (Fsp3) is 0.133. The number of alkyl halides is 3. The summed E-state index contributed by atoms with van der Waals surface area (Å²) >= 11 is 0. The molecule has 0 heterocycles. The van der Waals surface area contributed by atoms with Crippen molar-refractivity contribution in [3.8, 4) is 0 Å². The van der Waals surface area contributed by atoms with Gasteiger partial charge in [-0.3, -0.25) is 0 Å². The highest BCUT2D eigenvalue weighted by molar-refractivity contribution is 5.81. The molecule has 2 aromatic carbocycles. The van der Waals surface area contributed by atoms with Crippen LogP contribution in [-0.4, -0.2) is 6.21 Å². The molecule has 0 aliphatic rings. The van der Waals surface area contributed by atoms with Gasteiger partial charge in [-0.25, -0.2) is 8.78 Å². The van der Waals surface area contributed by atoms with Gasteiger partial charge in [-0.15, -0.1) is 0 Å². The highest BCUT2D eigenvalue weighted by Gasteiger charge is 2.32. The summed E-state index contributed by atoms with van der Waals surface area (Å²) < 4.78 is 64.4. The van der Waals surface area contributed by atoms with Crippen LogP contribution in [0.3, 0.4) is 0 Å². The van der Waals surface area contributed by atoms with Gasteiger partial charge in [0.1, 0.15) is 12.8 Å². The Morgan fingerprint density at radius 3 is 2.45 bits per heavy atom. The average Bonchev–Trinajstić information content (AvgIpc) is 2.47. The molecule has 0 atom stereocenters. The van der Waals surface area contributed by atoms with Gasteiger partial charge >= 0.3 is 6.18 Å². The number of benzene rings is 2. The summed E-state index contributed by atoms with van der Waals surface area (Å²) in [6.45, 7) is -0.426. The SMILES string of the molecule is Fc1cccc(CO/N=[C]\c2ccccc2C(F)(F)F)c1F. The molecule has 0 aromatic heterocycles. The van der Waals surface area contributed by atoms with Crippen molar-refractivity contribution in [2.24, 2.45) is 5.16 Å². The molecule has 0 amide bonds. The summed E-state index contributed by atoms with van der Waals surface area (Å²) in [5.41, 5.74) is -1.33. The summed E-state index contributed by atoms with van der Waals surface area (Å²) in [5.74, 6) is -2.13. The maximum atomic E-state index is 13.3. The predicted molar refractivity (Wildman–Crippen MR) is 69.1 cm³/mol. The molecule has 1 radical (unpaired) electrons. The number of hydrogen-bond acceptors (Lipinski definition) is 2. The molecule has 2 nitrogen and oxygen atoms in total. The minimum atomic E-state index is -4.55. The molecular weight excluding hydrogens is 305 g/mol. The Bertz CT molecular complexity index is 682. The van der Waals surface area contributed by atoms with E-state index in [4.69, 9.17) is 0 Å². The van der Waals surface area contributed by atoms with Gasteiger partial charge in [0.15, 0.2) is 11.6 Å². The maximum absolute atomic E-state index is 13.3. The number of halogens is 5. The molecule has 2 aromatic rings.